The lowest BCUT2D eigenvalue weighted by Crippen LogP contribution is -2.48. The minimum absolute atomic E-state index is 0. The molecule has 1 aliphatic rings. The minimum Gasteiger partial charge on any atom is -0.352 e. The van der Waals surface area contributed by atoms with Gasteiger partial charge in [0.1, 0.15) is 0 Å². The Balaban J connectivity index is 0.00000176. The lowest BCUT2D eigenvalue weighted by Gasteiger charge is -2.27. The second kappa shape index (κ2) is 7.26. The van der Waals surface area contributed by atoms with E-state index in [-0.39, 0.29) is 18.3 Å². The third kappa shape index (κ3) is 3.51. The maximum Gasteiger partial charge on any atom is 0.254 e. The van der Waals surface area contributed by atoms with E-state index >= 15 is 0 Å². The molecular weight excluding hydrogens is 368 g/mol. The number of aromatic nitrogens is 2. The fourth-order valence-electron chi connectivity index (χ4n) is 2.30. The molecule has 3 rings (SSSR count). The summed E-state index contributed by atoms with van der Waals surface area (Å²) in [6.45, 7) is 4.60. The highest BCUT2D eigenvalue weighted by atomic mass is 79.9. The van der Waals surface area contributed by atoms with Crippen LogP contribution in [0.15, 0.2) is 34.9 Å². The van der Waals surface area contributed by atoms with Crippen LogP contribution in [0.1, 0.15) is 16.1 Å². The molecule has 1 saturated heterocycles. The normalized spacial score (nSPS) is 14.1. The molecule has 1 fully saturated rings. The number of rotatable bonds is 4. The van der Waals surface area contributed by atoms with Gasteiger partial charge in [-0.05, 0) is 31.2 Å². The SMILES string of the molecule is Cc1c(C(=O)NCC2CNC2)cnn1-c1ccc(Br)cc1.Cl. The van der Waals surface area contributed by atoms with Crippen molar-refractivity contribution < 1.29 is 4.79 Å². The Morgan fingerprint density at radius 3 is 2.68 bits per heavy atom. The molecular formula is C15H18BrClN4O. The molecule has 1 amide bonds. The zero-order chi connectivity index (χ0) is 14.8. The standard InChI is InChI=1S/C15H17BrN4O.ClH/c1-10-14(15(21)18-8-11-6-17-7-11)9-19-20(10)13-4-2-12(16)3-5-13;/h2-5,9,11,17H,6-8H2,1H3,(H,18,21);1H. The molecule has 22 heavy (non-hydrogen) atoms. The van der Waals surface area contributed by atoms with Gasteiger partial charge in [-0.1, -0.05) is 15.9 Å². The number of halogens is 2. The number of hydrogen-bond acceptors (Lipinski definition) is 3. The summed E-state index contributed by atoms with van der Waals surface area (Å²) in [6, 6.07) is 7.84. The third-order valence-electron chi connectivity index (χ3n) is 3.74. The van der Waals surface area contributed by atoms with Crippen LogP contribution in [-0.4, -0.2) is 35.3 Å². The summed E-state index contributed by atoms with van der Waals surface area (Å²) in [5, 5.41) is 10.5. The maximum absolute atomic E-state index is 12.2. The van der Waals surface area contributed by atoms with Crippen molar-refractivity contribution in [2.24, 2.45) is 5.92 Å². The Morgan fingerprint density at radius 1 is 1.41 bits per heavy atom. The Labute approximate surface area is 144 Å². The van der Waals surface area contributed by atoms with E-state index in [9.17, 15) is 4.79 Å². The quantitative estimate of drug-likeness (QED) is 0.849. The summed E-state index contributed by atoms with van der Waals surface area (Å²) in [6.07, 6.45) is 1.63. The summed E-state index contributed by atoms with van der Waals surface area (Å²) >= 11 is 3.41. The minimum atomic E-state index is -0.0530. The first-order valence-corrected chi connectivity index (χ1v) is 7.74. The molecule has 0 atom stereocenters. The first kappa shape index (κ1) is 17.0. The number of benzene rings is 1. The van der Waals surface area contributed by atoms with Gasteiger partial charge in [0.25, 0.3) is 5.91 Å². The molecule has 0 radical (unpaired) electrons. The first-order valence-electron chi connectivity index (χ1n) is 6.94. The van der Waals surface area contributed by atoms with Crippen molar-refractivity contribution in [1.82, 2.24) is 20.4 Å². The number of hydrogen-bond donors (Lipinski definition) is 2. The molecule has 2 N–H and O–H groups in total. The van der Waals surface area contributed by atoms with Crippen molar-refractivity contribution in [3.63, 3.8) is 0 Å². The van der Waals surface area contributed by atoms with Gasteiger partial charge >= 0.3 is 0 Å². The van der Waals surface area contributed by atoms with Crippen LogP contribution in [0.2, 0.25) is 0 Å². The third-order valence-corrected chi connectivity index (χ3v) is 4.27. The van der Waals surface area contributed by atoms with Gasteiger partial charge < -0.3 is 10.6 Å². The second-order valence-corrected chi connectivity index (χ2v) is 6.18. The van der Waals surface area contributed by atoms with E-state index in [1.807, 2.05) is 31.2 Å². The zero-order valence-electron chi connectivity index (χ0n) is 12.2. The topological polar surface area (TPSA) is 59.0 Å². The van der Waals surface area contributed by atoms with Crippen molar-refractivity contribution in [3.05, 3.63) is 46.2 Å². The van der Waals surface area contributed by atoms with Gasteiger partial charge in [-0.3, -0.25) is 4.79 Å². The summed E-state index contributed by atoms with van der Waals surface area (Å²) < 4.78 is 2.80. The van der Waals surface area contributed by atoms with Crippen LogP contribution < -0.4 is 10.6 Å². The second-order valence-electron chi connectivity index (χ2n) is 5.27. The van der Waals surface area contributed by atoms with E-state index in [4.69, 9.17) is 0 Å². The van der Waals surface area contributed by atoms with Gasteiger partial charge in [0.15, 0.2) is 0 Å². The molecule has 1 aliphatic heterocycles. The summed E-state index contributed by atoms with van der Waals surface area (Å²) in [5.74, 6) is 0.499. The van der Waals surface area contributed by atoms with Crippen molar-refractivity contribution in [1.29, 1.82) is 0 Å². The smallest absolute Gasteiger partial charge is 0.254 e. The summed E-state index contributed by atoms with van der Waals surface area (Å²) in [7, 11) is 0. The average molecular weight is 386 g/mol. The van der Waals surface area contributed by atoms with Crippen molar-refractivity contribution >= 4 is 34.2 Å². The fourth-order valence-corrected chi connectivity index (χ4v) is 2.56. The highest BCUT2D eigenvalue weighted by Crippen LogP contribution is 2.17. The highest BCUT2D eigenvalue weighted by Gasteiger charge is 2.19. The zero-order valence-corrected chi connectivity index (χ0v) is 14.6. The molecule has 0 unspecified atom stereocenters. The van der Waals surface area contributed by atoms with E-state index in [1.54, 1.807) is 10.9 Å². The molecule has 0 bridgehead atoms. The fraction of sp³-hybridized carbons (Fsp3) is 0.333. The van der Waals surface area contributed by atoms with Gasteiger partial charge in [-0.25, -0.2) is 4.68 Å². The monoisotopic (exact) mass is 384 g/mol. The van der Waals surface area contributed by atoms with Crippen molar-refractivity contribution in [2.75, 3.05) is 19.6 Å². The van der Waals surface area contributed by atoms with Gasteiger partial charge in [0.2, 0.25) is 0 Å². The van der Waals surface area contributed by atoms with Crippen molar-refractivity contribution in [3.8, 4) is 5.69 Å². The molecule has 0 spiro atoms. The van der Waals surface area contributed by atoms with Gasteiger partial charge in [-0.2, -0.15) is 5.10 Å². The molecule has 1 aromatic carbocycles. The van der Waals surface area contributed by atoms with Crippen LogP contribution >= 0.6 is 28.3 Å². The van der Waals surface area contributed by atoms with E-state index in [1.165, 1.54) is 0 Å². The molecule has 2 heterocycles. The van der Waals surface area contributed by atoms with Gasteiger partial charge in [0.05, 0.1) is 23.1 Å². The lowest BCUT2D eigenvalue weighted by molar-refractivity contribution is 0.0941. The predicted octanol–water partition coefficient (Wildman–Crippen LogP) is 2.31. The number of carbonyl (C=O) groups is 1. The number of carbonyl (C=O) groups excluding carboxylic acids is 1. The maximum atomic E-state index is 12.2. The van der Waals surface area contributed by atoms with Crippen molar-refractivity contribution in [2.45, 2.75) is 6.92 Å². The Bertz CT molecular complexity index is 652. The molecule has 118 valence electrons. The molecule has 2 aromatic rings. The van der Waals surface area contributed by atoms with Crippen LogP contribution in [0, 0.1) is 12.8 Å². The van der Waals surface area contributed by atoms with Gasteiger partial charge in [0, 0.05) is 30.0 Å². The van der Waals surface area contributed by atoms with E-state index in [2.05, 4.69) is 31.7 Å². The van der Waals surface area contributed by atoms with Crippen LogP contribution in [0.5, 0.6) is 0 Å². The number of nitrogens with zero attached hydrogens (tertiary/aromatic N) is 2. The molecule has 0 aliphatic carbocycles. The molecule has 0 saturated carbocycles. The first-order chi connectivity index (χ1) is 10.1. The lowest BCUT2D eigenvalue weighted by atomic mass is 10.0. The molecule has 5 nitrogen and oxygen atoms in total. The van der Waals surface area contributed by atoms with E-state index in [0.717, 1.165) is 35.5 Å². The average Bonchev–Trinajstić information content (AvgIpc) is 2.80. The molecule has 7 heteroatoms. The van der Waals surface area contributed by atoms with Crippen LogP contribution in [0.25, 0.3) is 5.69 Å². The number of nitrogens with one attached hydrogen (secondary N) is 2. The highest BCUT2D eigenvalue weighted by molar-refractivity contribution is 9.10. The largest absolute Gasteiger partial charge is 0.352 e. The van der Waals surface area contributed by atoms with Crippen LogP contribution in [0.4, 0.5) is 0 Å². The Kier molecular flexibility index (Phi) is 5.61. The Morgan fingerprint density at radius 2 is 2.09 bits per heavy atom. The predicted molar refractivity (Wildman–Crippen MR) is 91.9 cm³/mol. The Hall–Kier alpha value is -1.37. The van der Waals surface area contributed by atoms with E-state index in [0.29, 0.717) is 11.5 Å². The van der Waals surface area contributed by atoms with Crippen LogP contribution in [0.3, 0.4) is 0 Å². The van der Waals surface area contributed by atoms with E-state index < -0.39 is 0 Å². The van der Waals surface area contributed by atoms with Gasteiger partial charge in [-0.15, -0.1) is 12.4 Å². The number of amides is 1. The van der Waals surface area contributed by atoms with Crippen LogP contribution in [-0.2, 0) is 0 Å². The summed E-state index contributed by atoms with van der Waals surface area (Å²) in [4.78, 5) is 12.2. The summed E-state index contributed by atoms with van der Waals surface area (Å²) in [5.41, 5.74) is 2.42. The molecule has 1 aromatic heterocycles.